The lowest BCUT2D eigenvalue weighted by atomic mass is 10.2. The Hall–Kier alpha value is -2.57. The highest BCUT2D eigenvalue weighted by atomic mass is 16.2. The fraction of sp³-hybridized carbons (Fsp3) is 0.308. The third-order valence-corrected chi connectivity index (χ3v) is 3.03. The molecule has 1 amide bonds. The maximum Gasteiger partial charge on any atom is 0.278 e. The van der Waals surface area contributed by atoms with Gasteiger partial charge < -0.3 is 15.6 Å². The summed E-state index contributed by atoms with van der Waals surface area (Å²) in [5.41, 5.74) is 7.50. The molecule has 0 aromatic carbocycles. The molecule has 20 heavy (non-hydrogen) atoms. The Labute approximate surface area is 115 Å². The number of nitrogens with one attached hydrogen (secondary N) is 2. The number of carbonyl (C=O) groups is 1. The quantitative estimate of drug-likeness (QED) is 0.773. The van der Waals surface area contributed by atoms with E-state index in [1.807, 2.05) is 13.8 Å². The third-order valence-electron chi connectivity index (χ3n) is 3.03. The maximum absolute atomic E-state index is 12.1. The van der Waals surface area contributed by atoms with Gasteiger partial charge in [0.1, 0.15) is 0 Å². The number of carbonyl (C=O) groups excluding carboxylic acids is 1. The van der Waals surface area contributed by atoms with Gasteiger partial charge >= 0.3 is 0 Å². The van der Waals surface area contributed by atoms with E-state index in [9.17, 15) is 9.59 Å². The molecule has 106 valence electrons. The lowest BCUT2D eigenvalue weighted by Gasteiger charge is -2.07. The molecule has 2 heterocycles. The van der Waals surface area contributed by atoms with E-state index in [0.717, 1.165) is 5.69 Å². The van der Waals surface area contributed by atoms with Crippen molar-refractivity contribution in [3.8, 4) is 0 Å². The predicted octanol–water partition coefficient (Wildman–Crippen LogP) is 0.988. The van der Waals surface area contributed by atoms with Crippen molar-refractivity contribution in [3.63, 3.8) is 0 Å². The van der Waals surface area contributed by atoms with Gasteiger partial charge in [-0.3, -0.25) is 14.7 Å². The van der Waals surface area contributed by atoms with E-state index in [2.05, 4.69) is 15.5 Å². The average Bonchev–Trinajstić information content (AvgIpc) is 2.82. The zero-order valence-electron chi connectivity index (χ0n) is 11.4. The number of pyridine rings is 1. The molecule has 0 bridgehead atoms. The fourth-order valence-electron chi connectivity index (χ4n) is 1.87. The van der Waals surface area contributed by atoms with E-state index < -0.39 is 5.91 Å². The van der Waals surface area contributed by atoms with Crippen LogP contribution in [0.25, 0.3) is 0 Å². The minimum absolute atomic E-state index is 0.113. The first kappa shape index (κ1) is 13.9. The van der Waals surface area contributed by atoms with Crippen LogP contribution >= 0.6 is 0 Å². The Kier molecular flexibility index (Phi) is 3.88. The third kappa shape index (κ3) is 2.56. The number of aromatic nitrogens is 3. The van der Waals surface area contributed by atoms with Gasteiger partial charge in [0.15, 0.2) is 5.69 Å². The van der Waals surface area contributed by atoms with E-state index in [4.69, 9.17) is 5.73 Å². The number of aryl methyl sites for hydroxylation is 2. The van der Waals surface area contributed by atoms with Gasteiger partial charge in [-0.2, -0.15) is 5.10 Å². The highest BCUT2D eigenvalue weighted by Gasteiger charge is 2.16. The number of H-pyrrole nitrogens is 1. The lowest BCUT2D eigenvalue weighted by Crippen LogP contribution is -2.20. The van der Waals surface area contributed by atoms with Crippen LogP contribution in [-0.4, -0.2) is 20.7 Å². The molecular weight excluding hydrogens is 258 g/mol. The van der Waals surface area contributed by atoms with E-state index in [1.165, 1.54) is 10.6 Å². The van der Waals surface area contributed by atoms with Crippen LogP contribution in [0.2, 0.25) is 0 Å². The highest BCUT2D eigenvalue weighted by Crippen LogP contribution is 2.16. The normalized spacial score (nSPS) is 10.5. The number of anilines is 2. The van der Waals surface area contributed by atoms with Crippen LogP contribution in [0.5, 0.6) is 0 Å². The van der Waals surface area contributed by atoms with Crippen molar-refractivity contribution in [1.29, 1.82) is 0 Å². The second-order valence-corrected chi connectivity index (χ2v) is 4.31. The van der Waals surface area contributed by atoms with Gasteiger partial charge in [-0.05, 0) is 19.4 Å². The van der Waals surface area contributed by atoms with Crippen LogP contribution in [0, 0.1) is 0 Å². The molecule has 0 aliphatic carbocycles. The van der Waals surface area contributed by atoms with Crippen LogP contribution < -0.4 is 16.6 Å². The molecule has 0 aliphatic rings. The summed E-state index contributed by atoms with van der Waals surface area (Å²) in [6.07, 6.45) is 2.26. The van der Waals surface area contributed by atoms with E-state index in [0.29, 0.717) is 24.3 Å². The average molecular weight is 275 g/mol. The summed E-state index contributed by atoms with van der Waals surface area (Å²) >= 11 is 0. The number of rotatable bonds is 4. The number of amides is 1. The molecule has 0 atom stereocenters. The standard InChI is InChI=1S/C13H17N5O2/c1-3-9-11(14)12(17-16-9)13(20)15-8-5-6-10(19)18(4-2)7-8/h5-7H,3-4,14H2,1-2H3,(H,15,20)(H,16,17). The first-order valence-corrected chi connectivity index (χ1v) is 6.41. The van der Waals surface area contributed by atoms with Gasteiger partial charge in [-0.15, -0.1) is 0 Å². The molecule has 7 nitrogen and oxygen atoms in total. The highest BCUT2D eigenvalue weighted by molar-refractivity contribution is 6.06. The zero-order chi connectivity index (χ0) is 14.7. The van der Waals surface area contributed by atoms with E-state index >= 15 is 0 Å². The smallest absolute Gasteiger partial charge is 0.278 e. The van der Waals surface area contributed by atoms with Gasteiger partial charge in [0.05, 0.1) is 17.1 Å². The van der Waals surface area contributed by atoms with Gasteiger partial charge in [0.2, 0.25) is 0 Å². The van der Waals surface area contributed by atoms with Crippen molar-refractivity contribution in [2.45, 2.75) is 26.8 Å². The molecule has 7 heteroatoms. The lowest BCUT2D eigenvalue weighted by molar-refractivity contribution is 0.102. The maximum atomic E-state index is 12.1. The molecule has 4 N–H and O–H groups in total. The Balaban J connectivity index is 2.23. The van der Waals surface area contributed by atoms with Crippen molar-refractivity contribution in [3.05, 3.63) is 40.1 Å². The molecule has 0 fully saturated rings. The topological polar surface area (TPSA) is 106 Å². The number of nitrogens with two attached hydrogens (primary N) is 1. The number of hydrogen-bond donors (Lipinski definition) is 3. The number of aromatic amines is 1. The Morgan fingerprint density at radius 3 is 2.80 bits per heavy atom. The van der Waals surface area contributed by atoms with Crippen molar-refractivity contribution in [2.24, 2.45) is 0 Å². The first-order valence-electron chi connectivity index (χ1n) is 6.41. The zero-order valence-corrected chi connectivity index (χ0v) is 11.4. The van der Waals surface area contributed by atoms with Gasteiger partial charge in [0.25, 0.3) is 11.5 Å². The Bertz CT molecular complexity index is 686. The van der Waals surface area contributed by atoms with Gasteiger partial charge in [-0.1, -0.05) is 6.92 Å². The Morgan fingerprint density at radius 2 is 2.20 bits per heavy atom. The summed E-state index contributed by atoms with van der Waals surface area (Å²) in [6, 6.07) is 2.96. The molecule has 2 aromatic rings. The molecule has 0 unspecified atom stereocenters. The molecular formula is C13H17N5O2. The second kappa shape index (κ2) is 5.60. The summed E-state index contributed by atoms with van der Waals surface area (Å²) in [5, 5.41) is 9.32. The minimum atomic E-state index is -0.403. The molecule has 2 aromatic heterocycles. The molecule has 2 rings (SSSR count). The van der Waals surface area contributed by atoms with Crippen LogP contribution in [0.3, 0.4) is 0 Å². The summed E-state index contributed by atoms with van der Waals surface area (Å²) in [6.45, 7) is 4.31. The van der Waals surface area contributed by atoms with E-state index in [-0.39, 0.29) is 11.3 Å². The number of hydrogen-bond acceptors (Lipinski definition) is 4. The predicted molar refractivity (Wildman–Crippen MR) is 76.7 cm³/mol. The SMILES string of the molecule is CCc1[nH]nc(C(=O)Nc2ccc(=O)n(CC)c2)c1N. The largest absolute Gasteiger partial charge is 0.395 e. The molecule has 0 aliphatic heterocycles. The summed E-state index contributed by atoms with van der Waals surface area (Å²) < 4.78 is 1.50. The van der Waals surface area contributed by atoms with Crippen LogP contribution in [0.15, 0.2) is 23.1 Å². The summed E-state index contributed by atoms with van der Waals surface area (Å²) in [7, 11) is 0. The fourth-order valence-corrected chi connectivity index (χ4v) is 1.87. The number of nitrogen functional groups attached to an aromatic ring is 1. The van der Waals surface area contributed by atoms with Crippen LogP contribution in [0.1, 0.15) is 30.0 Å². The monoisotopic (exact) mass is 275 g/mol. The molecule has 0 saturated carbocycles. The second-order valence-electron chi connectivity index (χ2n) is 4.31. The van der Waals surface area contributed by atoms with Crippen molar-refractivity contribution >= 4 is 17.3 Å². The minimum Gasteiger partial charge on any atom is -0.395 e. The first-order chi connectivity index (χ1) is 9.56. The van der Waals surface area contributed by atoms with Gasteiger partial charge in [0, 0.05) is 18.8 Å². The molecule has 0 radical (unpaired) electrons. The number of nitrogens with zero attached hydrogens (tertiary/aromatic N) is 2. The van der Waals surface area contributed by atoms with E-state index in [1.54, 1.807) is 12.3 Å². The van der Waals surface area contributed by atoms with Crippen molar-refractivity contribution < 1.29 is 4.79 Å². The van der Waals surface area contributed by atoms with Crippen LogP contribution in [-0.2, 0) is 13.0 Å². The summed E-state index contributed by atoms with van der Waals surface area (Å²) in [4.78, 5) is 23.6. The van der Waals surface area contributed by atoms with Crippen molar-refractivity contribution in [2.75, 3.05) is 11.1 Å². The van der Waals surface area contributed by atoms with Gasteiger partial charge in [-0.25, -0.2) is 0 Å². The Morgan fingerprint density at radius 1 is 1.45 bits per heavy atom. The van der Waals surface area contributed by atoms with Crippen LogP contribution in [0.4, 0.5) is 11.4 Å². The molecule has 0 spiro atoms. The van der Waals surface area contributed by atoms with Crippen molar-refractivity contribution in [1.82, 2.24) is 14.8 Å². The summed E-state index contributed by atoms with van der Waals surface area (Å²) in [5.74, 6) is -0.403. The molecule has 0 saturated heterocycles.